The van der Waals surface area contributed by atoms with Gasteiger partial charge in [-0.2, -0.15) is 0 Å². The number of methoxy groups -OCH3 is 1. The summed E-state index contributed by atoms with van der Waals surface area (Å²) in [5.41, 5.74) is 0. The summed E-state index contributed by atoms with van der Waals surface area (Å²) in [6.45, 7) is 3.10. The standard InChI is InChI=1S/C20H27N3O3/c1-3-26-20(24)11-6-4-5-9-15-23(18-10-7-8-14-21-18)19-13-12-17(25-2)16-22-19/h7-8,10,12-14,16H,3-6,9,11,15H2,1-2H3. The molecule has 0 bridgehead atoms. The topological polar surface area (TPSA) is 64.5 Å². The molecule has 2 rings (SSSR count). The van der Waals surface area contributed by atoms with Gasteiger partial charge in [-0.25, -0.2) is 9.97 Å². The van der Waals surface area contributed by atoms with Crippen LogP contribution in [0.2, 0.25) is 0 Å². The van der Waals surface area contributed by atoms with Gasteiger partial charge < -0.3 is 14.4 Å². The number of nitrogens with zero attached hydrogens (tertiary/aromatic N) is 3. The third-order valence-electron chi connectivity index (χ3n) is 3.98. The Balaban J connectivity index is 1.88. The Labute approximate surface area is 155 Å². The number of rotatable bonds is 11. The molecule has 0 aromatic carbocycles. The molecule has 0 unspecified atom stereocenters. The van der Waals surface area contributed by atoms with Crippen molar-refractivity contribution in [2.45, 2.75) is 39.0 Å². The average molecular weight is 357 g/mol. The number of anilines is 2. The molecule has 0 saturated carbocycles. The molecule has 0 spiro atoms. The number of pyridine rings is 2. The van der Waals surface area contributed by atoms with Crippen LogP contribution in [0.4, 0.5) is 11.6 Å². The molecule has 0 radical (unpaired) electrons. The number of unbranched alkanes of at least 4 members (excludes halogenated alkanes) is 3. The predicted octanol–water partition coefficient (Wildman–Crippen LogP) is 4.14. The van der Waals surface area contributed by atoms with Crippen molar-refractivity contribution in [1.29, 1.82) is 0 Å². The van der Waals surface area contributed by atoms with Gasteiger partial charge in [-0.3, -0.25) is 4.79 Å². The highest BCUT2D eigenvalue weighted by molar-refractivity contribution is 5.69. The zero-order valence-corrected chi connectivity index (χ0v) is 15.6. The number of aromatic nitrogens is 2. The number of hydrogen-bond donors (Lipinski definition) is 0. The highest BCUT2D eigenvalue weighted by atomic mass is 16.5. The van der Waals surface area contributed by atoms with Crippen LogP contribution in [-0.4, -0.2) is 36.2 Å². The van der Waals surface area contributed by atoms with E-state index in [1.807, 2.05) is 37.3 Å². The molecule has 2 heterocycles. The van der Waals surface area contributed by atoms with E-state index in [2.05, 4.69) is 14.9 Å². The second-order valence-corrected chi connectivity index (χ2v) is 5.87. The van der Waals surface area contributed by atoms with Crippen molar-refractivity contribution < 1.29 is 14.3 Å². The molecular weight excluding hydrogens is 330 g/mol. The van der Waals surface area contributed by atoms with Gasteiger partial charge in [0.25, 0.3) is 0 Å². The van der Waals surface area contributed by atoms with Crippen LogP contribution in [-0.2, 0) is 9.53 Å². The summed E-state index contributed by atoms with van der Waals surface area (Å²) < 4.78 is 10.1. The minimum Gasteiger partial charge on any atom is -0.495 e. The number of ether oxygens (including phenoxy) is 2. The van der Waals surface area contributed by atoms with Gasteiger partial charge in [0.05, 0.1) is 19.9 Å². The summed E-state index contributed by atoms with van der Waals surface area (Å²) >= 11 is 0. The maximum absolute atomic E-state index is 11.3. The van der Waals surface area contributed by atoms with E-state index in [9.17, 15) is 4.79 Å². The molecule has 6 heteroatoms. The van der Waals surface area contributed by atoms with Crippen LogP contribution < -0.4 is 9.64 Å². The molecule has 6 nitrogen and oxygen atoms in total. The lowest BCUT2D eigenvalue weighted by Gasteiger charge is -2.22. The zero-order valence-electron chi connectivity index (χ0n) is 15.6. The van der Waals surface area contributed by atoms with E-state index in [-0.39, 0.29) is 5.97 Å². The first-order chi connectivity index (χ1) is 12.7. The molecule has 0 aliphatic rings. The Kier molecular flexibility index (Phi) is 8.39. The van der Waals surface area contributed by atoms with Crippen molar-refractivity contribution in [3.05, 3.63) is 42.7 Å². The largest absolute Gasteiger partial charge is 0.495 e. The SMILES string of the molecule is CCOC(=O)CCCCCCN(c1ccccn1)c1ccc(OC)cn1. The molecule has 26 heavy (non-hydrogen) atoms. The van der Waals surface area contributed by atoms with Crippen LogP contribution in [0.15, 0.2) is 42.7 Å². The summed E-state index contributed by atoms with van der Waals surface area (Å²) in [5.74, 6) is 2.34. The summed E-state index contributed by atoms with van der Waals surface area (Å²) in [6, 6.07) is 9.69. The second-order valence-electron chi connectivity index (χ2n) is 5.87. The first-order valence-electron chi connectivity index (χ1n) is 9.09. The Morgan fingerprint density at radius 2 is 1.85 bits per heavy atom. The maximum Gasteiger partial charge on any atom is 0.305 e. The molecule has 0 saturated heterocycles. The van der Waals surface area contributed by atoms with Crippen molar-refractivity contribution in [3.8, 4) is 5.75 Å². The quantitative estimate of drug-likeness (QED) is 0.445. The molecule has 0 aliphatic carbocycles. The molecule has 0 atom stereocenters. The number of carbonyl (C=O) groups is 1. The Bertz CT molecular complexity index is 647. The summed E-state index contributed by atoms with van der Waals surface area (Å²) in [6.07, 6.45) is 7.90. The third-order valence-corrected chi connectivity index (χ3v) is 3.98. The van der Waals surface area contributed by atoms with Gasteiger partial charge in [0.15, 0.2) is 0 Å². The van der Waals surface area contributed by atoms with E-state index in [1.54, 1.807) is 19.5 Å². The first-order valence-corrected chi connectivity index (χ1v) is 9.09. The second kappa shape index (κ2) is 11.1. The molecule has 0 N–H and O–H groups in total. The lowest BCUT2D eigenvalue weighted by Crippen LogP contribution is -2.20. The maximum atomic E-state index is 11.3. The highest BCUT2D eigenvalue weighted by Gasteiger charge is 2.11. The Morgan fingerprint density at radius 3 is 2.50 bits per heavy atom. The molecule has 0 amide bonds. The van der Waals surface area contributed by atoms with Gasteiger partial charge >= 0.3 is 5.97 Å². The van der Waals surface area contributed by atoms with Crippen LogP contribution in [0.1, 0.15) is 39.0 Å². The lowest BCUT2D eigenvalue weighted by atomic mass is 10.1. The number of esters is 1. The van der Waals surface area contributed by atoms with Crippen LogP contribution in [0, 0.1) is 0 Å². The van der Waals surface area contributed by atoms with Gasteiger partial charge in [-0.05, 0) is 44.0 Å². The molecule has 2 aromatic rings. The van der Waals surface area contributed by atoms with Crippen LogP contribution in [0.25, 0.3) is 0 Å². The molecular formula is C20H27N3O3. The predicted molar refractivity (Wildman–Crippen MR) is 102 cm³/mol. The molecule has 2 aromatic heterocycles. The summed E-state index contributed by atoms with van der Waals surface area (Å²) in [4.78, 5) is 22.4. The van der Waals surface area contributed by atoms with Gasteiger partial charge in [-0.15, -0.1) is 0 Å². The van der Waals surface area contributed by atoms with E-state index in [4.69, 9.17) is 9.47 Å². The molecule has 0 fully saturated rings. The number of carbonyl (C=O) groups excluding carboxylic acids is 1. The van der Waals surface area contributed by atoms with Crippen LogP contribution in [0.5, 0.6) is 5.75 Å². The van der Waals surface area contributed by atoms with E-state index >= 15 is 0 Å². The third kappa shape index (κ3) is 6.35. The van der Waals surface area contributed by atoms with Gasteiger partial charge in [0.2, 0.25) is 0 Å². The fourth-order valence-corrected chi connectivity index (χ4v) is 2.64. The first kappa shape index (κ1) is 19.7. The zero-order chi connectivity index (χ0) is 18.6. The molecule has 0 aliphatic heterocycles. The Hall–Kier alpha value is -2.63. The van der Waals surface area contributed by atoms with Crippen LogP contribution >= 0.6 is 0 Å². The highest BCUT2D eigenvalue weighted by Crippen LogP contribution is 2.23. The van der Waals surface area contributed by atoms with E-state index in [0.29, 0.717) is 13.0 Å². The van der Waals surface area contributed by atoms with Crippen molar-refractivity contribution >= 4 is 17.6 Å². The lowest BCUT2D eigenvalue weighted by molar-refractivity contribution is -0.143. The van der Waals surface area contributed by atoms with Crippen molar-refractivity contribution in [1.82, 2.24) is 9.97 Å². The minimum atomic E-state index is -0.106. The number of hydrogen-bond acceptors (Lipinski definition) is 6. The van der Waals surface area contributed by atoms with E-state index < -0.39 is 0 Å². The minimum absolute atomic E-state index is 0.106. The summed E-state index contributed by atoms with van der Waals surface area (Å²) in [7, 11) is 1.63. The fourth-order valence-electron chi connectivity index (χ4n) is 2.64. The normalized spacial score (nSPS) is 10.4. The smallest absolute Gasteiger partial charge is 0.305 e. The molecule has 140 valence electrons. The van der Waals surface area contributed by atoms with Gasteiger partial charge in [0.1, 0.15) is 17.4 Å². The Morgan fingerprint density at radius 1 is 1.04 bits per heavy atom. The van der Waals surface area contributed by atoms with Gasteiger partial charge in [-0.1, -0.05) is 18.9 Å². The van der Waals surface area contributed by atoms with Gasteiger partial charge in [0, 0.05) is 19.2 Å². The average Bonchev–Trinajstić information content (AvgIpc) is 2.68. The van der Waals surface area contributed by atoms with Crippen molar-refractivity contribution in [2.75, 3.05) is 25.2 Å². The van der Waals surface area contributed by atoms with Crippen molar-refractivity contribution in [2.24, 2.45) is 0 Å². The van der Waals surface area contributed by atoms with Crippen molar-refractivity contribution in [3.63, 3.8) is 0 Å². The monoisotopic (exact) mass is 357 g/mol. The fraction of sp³-hybridized carbons (Fsp3) is 0.450. The van der Waals surface area contributed by atoms with E-state index in [1.165, 1.54) is 0 Å². The summed E-state index contributed by atoms with van der Waals surface area (Å²) in [5, 5.41) is 0. The van der Waals surface area contributed by atoms with Crippen LogP contribution in [0.3, 0.4) is 0 Å². The van der Waals surface area contributed by atoms with E-state index in [0.717, 1.165) is 49.6 Å².